The summed E-state index contributed by atoms with van der Waals surface area (Å²) in [6.07, 6.45) is 1.93. The summed E-state index contributed by atoms with van der Waals surface area (Å²) in [7, 11) is 0. The first-order chi connectivity index (χ1) is 11.6. The van der Waals surface area contributed by atoms with E-state index >= 15 is 0 Å². The van der Waals surface area contributed by atoms with Crippen molar-refractivity contribution in [1.82, 2.24) is 4.90 Å². The van der Waals surface area contributed by atoms with Gasteiger partial charge >= 0.3 is 0 Å². The fourth-order valence-corrected chi connectivity index (χ4v) is 3.30. The van der Waals surface area contributed by atoms with E-state index in [4.69, 9.17) is 10.5 Å². The summed E-state index contributed by atoms with van der Waals surface area (Å²) in [5, 5.41) is 0. The number of nitrogens with zero attached hydrogens (tertiary/aromatic N) is 1. The smallest absolute Gasteiger partial charge is 0.257 e. The van der Waals surface area contributed by atoms with Crippen LogP contribution in [0.2, 0.25) is 0 Å². The molecule has 1 amide bonds. The van der Waals surface area contributed by atoms with Crippen LogP contribution in [0.3, 0.4) is 0 Å². The second-order valence-corrected chi connectivity index (χ2v) is 6.88. The third-order valence-electron chi connectivity index (χ3n) is 4.20. The molecule has 25 heavy (non-hydrogen) atoms. The van der Waals surface area contributed by atoms with E-state index in [-0.39, 0.29) is 24.4 Å². The van der Waals surface area contributed by atoms with Crippen molar-refractivity contribution in [2.24, 2.45) is 5.73 Å². The molecule has 0 radical (unpaired) electrons. The number of amides is 1. The zero-order chi connectivity index (χ0) is 16.9. The zero-order valence-corrected chi connectivity index (χ0v) is 16.3. The van der Waals surface area contributed by atoms with E-state index in [9.17, 15) is 4.79 Å². The van der Waals surface area contributed by atoms with Crippen molar-refractivity contribution in [3.63, 3.8) is 0 Å². The lowest BCUT2D eigenvalue weighted by Crippen LogP contribution is -2.45. The van der Waals surface area contributed by atoms with E-state index < -0.39 is 0 Å². The van der Waals surface area contributed by atoms with Gasteiger partial charge in [-0.25, -0.2) is 0 Å². The van der Waals surface area contributed by atoms with Crippen molar-refractivity contribution in [1.29, 1.82) is 0 Å². The van der Waals surface area contributed by atoms with Gasteiger partial charge in [-0.15, -0.1) is 12.4 Å². The number of carbonyl (C=O) groups is 1. The van der Waals surface area contributed by atoms with Gasteiger partial charge in [0, 0.05) is 29.2 Å². The van der Waals surface area contributed by atoms with E-state index in [0.717, 1.165) is 29.4 Å². The molecular formula is C19H22BrClN2O2. The van der Waals surface area contributed by atoms with E-state index in [2.05, 4.69) is 15.9 Å². The lowest BCUT2D eigenvalue weighted by atomic mass is 10.0. The Kier molecular flexibility index (Phi) is 7.29. The summed E-state index contributed by atoms with van der Waals surface area (Å²) >= 11 is 3.52. The number of hydrogen-bond acceptors (Lipinski definition) is 3. The van der Waals surface area contributed by atoms with Crippen LogP contribution in [-0.4, -0.2) is 29.9 Å². The number of para-hydroxylation sites is 1. The van der Waals surface area contributed by atoms with Gasteiger partial charge in [-0.1, -0.05) is 46.3 Å². The lowest BCUT2D eigenvalue weighted by Gasteiger charge is -2.31. The molecule has 1 saturated heterocycles. The van der Waals surface area contributed by atoms with Crippen LogP contribution >= 0.6 is 28.3 Å². The summed E-state index contributed by atoms with van der Waals surface area (Å²) in [6, 6.07) is 15.4. The number of hydrogen-bond donors (Lipinski definition) is 1. The van der Waals surface area contributed by atoms with Crippen LogP contribution in [-0.2, 0) is 6.61 Å². The number of ether oxygens (including phenoxy) is 1. The Morgan fingerprint density at radius 3 is 2.68 bits per heavy atom. The first-order valence-electron chi connectivity index (χ1n) is 8.15. The van der Waals surface area contributed by atoms with E-state index in [1.54, 1.807) is 0 Å². The predicted octanol–water partition coefficient (Wildman–Crippen LogP) is 4.01. The van der Waals surface area contributed by atoms with Crippen molar-refractivity contribution in [2.75, 3.05) is 13.1 Å². The lowest BCUT2D eigenvalue weighted by molar-refractivity contribution is 0.0704. The van der Waals surface area contributed by atoms with Gasteiger partial charge in [-0.3, -0.25) is 4.79 Å². The molecule has 1 atom stereocenters. The Morgan fingerprint density at radius 2 is 1.92 bits per heavy atom. The molecule has 0 bridgehead atoms. The van der Waals surface area contributed by atoms with Gasteiger partial charge in [-0.2, -0.15) is 0 Å². The molecule has 1 fully saturated rings. The van der Waals surface area contributed by atoms with Gasteiger partial charge in [-0.05, 0) is 31.0 Å². The molecule has 4 nitrogen and oxygen atoms in total. The molecule has 0 aromatic heterocycles. The summed E-state index contributed by atoms with van der Waals surface area (Å²) in [5.41, 5.74) is 7.64. The van der Waals surface area contributed by atoms with Crippen molar-refractivity contribution < 1.29 is 9.53 Å². The Balaban J connectivity index is 0.00000225. The third kappa shape index (κ3) is 4.97. The fourth-order valence-electron chi connectivity index (χ4n) is 2.90. The van der Waals surface area contributed by atoms with Crippen LogP contribution in [0.15, 0.2) is 53.0 Å². The van der Waals surface area contributed by atoms with Gasteiger partial charge in [0.1, 0.15) is 12.4 Å². The number of nitrogens with two attached hydrogens (primary N) is 1. The van der Waals surface area contributed by atoms with E-state index in [1.807, 2.05) is 53.4 Å². The molecule has 1 aliphatic rings. The van der Waals surface area contributed by atoms with Crippen LogP contribution in [0, 0.1) is 0 Å². The quantitative estimate of drug-likeness (QED) is 0.805. The second-order valence-electron chi connectivity index (χ2n) is 6.03. The average molecular weight is 426 g/mol. The summed E-state index contributed by atoms with van der Waals surface area (Å²) in [6.45, 7) is 1.77. The minimum atomic E-state index is -0.00660. The second kappa shape index (κ2) is 9.22. The Hall–Kier alpha value is -1.56. The molecule has 0 saturated carbocycles. The SMILES string of the molecule is Cl.NC1CCCN(C(=O)c2ccccc2OCc2ccccc2Br)C1. The largest absolute Gasteiger partial charge is 0.488 e. The van der Waals surface area contributed by atoms with Crippen molar-refractivity contribution in [3.05, 3.63) is 64.1 Å². The highest BCUT2D eigenvalue weighted by molar-refractivity contribution is 9.10. The summed E-state index contributed by atoms with van der Waals surface area (Å²) in [5.74, 6) is 0.602. The standard InChI is InChI=1S/C19H21BrN2O2.ClH/c20-17-9-3-1-6-14(17)13-24-18-10-4-2-8-16(18)19(23)22-11-5-7-15(21)12-22;/h1-4,6,8-10,15H,5,7,11-13,21H2;1H. The van der Waals surface area contributed by atoms with Crippen LogP contribution in [0.1, 0.15) is 28.8 Å². The highest BCUT2D eigenvalue weighted by Gasteiger charge is 2.24. The van der Waals surface area contributed by atoms with E-state index in [1.165, 1.54) is 0 Å². The molecule has 3 rings (SSSR count). The molecule has 1 unspecified atom stereocenters. The van der Waals surface area contributed by atoms with Gasteiger partial charge < -0.3 is 15.4 Å². The Labute approximate surface area is 162 Å². The minimum Gasteiger partial charge on any atom is -0.488 e. The molecule has 1 aliphatic heterocycles. The fraction of sp³-hybridized carbons (Fsp3) is 0.316. The van der Waals surface area contributed by atoms with Crippen LogP contribution in [0.25, 0.3) is 0 Å². The maximum absolute atomic E-state index is 12.8. The summed E-state index contributed by atoms with van der Waals surface area (Å²) in [4.78, 5) is 14.7. The van der Waals surface area contributed by atoms with Gasteiger partial charge in [0.15, 0.2) is 0 Å². The monoisotopic (exact) mass is 424 g/mol. The van der Waals surface area contributed by atoms with E-state index in [0.29, 0.717) is 24.5 Å². The average Bonchev–Trinajstić information content (AvgIpc) is 2.61. The van der Waals surface area contributed by atoms with Crippen molar-refractivity contribution in [3.8, 4) is 5.75 Å². The molecule has 6 heteroatoms. The number of piperidine rings is 1. The molecular weight excluding hydrogens is 404 g/mol. The molecule has 0 spiro atoms. The molecule has 134 valence electrons. The number of benzene rings is 2. The maximum Gasteiger partial charge on any atom is 0.257 e. The van der Waals surface area contributed by atoms with Gasteiger partial charge in [0.2, 0.25) is 0 Å². The predicted molar refractivity (Wildman–Crippen MR) is 105 cm³/mol. The van der Waals surface area contributed by atoms with Crippen molar-refractivity contribution >= 4 is 34.2 Å². The van der Waals surface area contributed by atoms with Crippen LogP contribution < -0.4 is 10.5 Å². The first-order valence-corrected chi connectivity index (χ1v) is 8.94. The highest BCUT2D eigenvalue weighted by Crippen LogP contribution is 2.24. The van der Waals surface area contributed by atoms with Crippen LogP contribution in [0.4, 0.5) is 0 Å². The van der Waals surface area contributed by atoms with Crippen molar-refractivity contribution in [2.45, 2.75) is 25.5 Å². The topological polar surface area (TPSA) is 55.6 Å². The van der Waals surface area contributed by atoms with Crippen LogP contribution in [0.5, 0.6) is 5.75 Å². The first kappa shape index (κ1) is 19.8. The Morgan fingerprint density at radius 1 is 1.20 bits per heavy atom. The zero-order valence-electron chi connectivity index (χ0n) is 13.9. The number of rotatable bonds is 4. The summed E-state index contributed by atoms with van der Waals surface area (Å²) < 4.78 is 6.93. The number of carbonyl (C=O) groups excluding carboxylic acids is 1. The number of halogens is 2. The number of likely N-dealkylation sites (tertiary alicyclic amines) is 1. The van der Waals surface area contributed by atoms with Gasteiger partial charge in [0.25, 0.3) is 5.91 Å². The molecule has 0 aliphatic carbocycles. The highest BCUT2D eigenvalue weighted by atomic mass is 79.9. The Bertz CT molecular complexity index is 726. The normalized spacial score (nSPS) is 16.9. The minimum absolute atomic E-state index is 0. The molecule has 2 aromatic rings. The molecule has 2 N–H and O–H groups in total. The third-order valence-corrected chi connectivity index (χ3v) is 4.98. The maximum atomic E-state index is 12.8. The molecule has 2 aromatic carbocycles. The molecule has 1 heterocycles. The van der Waals surface area contributed by atoms with Gasteiger partial charge in [0.05, 0.1) is 5.56 Å².